The summed E-state index contributed by atoms with van der Waals surface area (Å²) in [6.07, 6.45) is 14.2. The third-order valence-electron chi connectivity index (χ3n) is 7.35. The van der Waals surface area contributed by atoms with Crippen LogP contribution in [0.3, 0.4) is 0 Å². The maximum atomic E-state index is 13.5. The Labute approximate surface area is 243 Å². The molecule has 3 nitrogen and oxygen atoms in total. The number of rotatable bonds is 4. The van der Waals surface area contributed by atoms with Gasteiger partial charge in [0.2, 0.25) is 0 Å². The Bertz CT molecular complexity index is 1730. The zero-order valence-electron chi connectivity index (χ0n) is 22.7. The number of sulfone groups is 1. The summed E-state index contributed by atoms with van der Waals surface area (Å²) in [5.41, 5.74) is 5.32. The van der Waals surface area contributed by atoms with Crippen LogP contribution in [0.15, 0.2) is 103 Å². The summed E-state index contributed by atoms with van der Waals surface area (Å²) >= 11 is 0. The first kappa shape index (κ1) is 29.3. The van der Waals surface area contributed by atoms with Gasteiger partial charge in [0.05, 0.1) is 16.2 Å². The van der Waals surface area contributed by atoms with E-state index in [4.69, 9.17) is 0 Å². The molecule has 0 atom stereocenters. The number of nitrogens with one attached hydrogen (secondary N) is 1. The molecule has 6 rings (SSSR count). The van der Waals surface area contributed by atoms with Crippen LogP contribution in [0.2, 0.25) is 0 Å². The van der Waals surface area contributed by atoms with E-state index < -0.39 is 27.4 Å². The SMILES string of the molecule is C1=CC=CNC=C1.O=S(=O)(CC=Cc1ccc(F)c(C(F)(F)F)c1)C1=CCCc2c1ccc1c2CCc2ccccc2-1. The topological polar surface area (TPSA) is 46.2 Å². The third-order valence-corrected chi connectivity index (χ3v) is 9.04. The molecule has 2 aliphatic carbocycles. The lowest BCUT2D eigenvalue weighted by Gasteiger charge is -2.27. The fourth-order valence-corrected chi connectivity index (χ4v) is 6.86. The highest BCUT2D eigenvalue weighted by Gasteiger charge is 2.34. The van der Waals surface area contributed by atoms with Gasteiger partial charge in [-0.1, -0.05) is 72.8 Å². The maximum absolute atomic E-state index is 13.5. The predicted octanol–water partition coefficient (Wildman–Crippen LogP) is 8.20. The molecule has 0 saturated heterocycles. The van der Waals surface area contributed by atoms with Crippen molar-refractivity contribution in [2.75, 3.05) is 5.75 Å². The molecule has 0 spiro atoms. The van der Waals surface area contributed by atoms with Crippen LogP contribution in [0.4, 0.5) is 17.6 Å². The normalized spacial score (nSPS) is 15.5. The molecule has 3 aromatic carbocycles. The van der Waals surface area contributed by atoms with Crippen LogP contribution < -0.4 is 5.32 Å². The molecule has 1 heterocycles. The van der Waals surface area contributed by atoms with Crippen LogP contribution >= 0.6 is 0 Å². The molecule has 42 heavy (non-hydrogen) atoms. The van der Waals surface area contributed by atoms with Crippen molar-refractivity contribution in [2.45, 2.75) is 31.9 Å². The van der Waals surface area contributed by atoms with Crippen LogP contribution in [0, 0.1) is 5.82 Å². The average molecular weight is 592 g/mol. The first-order chi connectivity index (χ1) is 20.1. The molecule has 1 aliphatic heterocycles. The van der Waals surface area contributed by atoms with E-state index in [1.165, 1.54) is 34.9 Å². The van der Waals surface area contributed by atoms with Crippen molar-refractivity contribution < 1.29 is 26.0 Å². The Kier molecular flexibility index (Phi) is 8.64. The van der Waals surface area contributed by atoms with E-state index in [1.807, 2.05) is 61.0 Å². The number of allylic oxidation sites excluding steroid dienone is 5. The van der Waals surface area contributed by atoms with Gasteiger partial charge in [0, 0.05) is 12.4 Å². The lowest BCUT2D eigenvalue weighted by Crippen LogP contribution is -2.15. The molecule has 1 N–H and O–H groups in total. The van der Waals surface area contributed by atoms with Crippen LogP contribution in [0.5, 0.6) is 0 Å². The van der Waals surface area contributed by atoms with Gasteiger partial charge in [-0.05, 0) is 88.9 Å². The van der Waals surface area contributed by atoms with E-state index >= 15 is 0 Å². The van der Waals surface area contributed by atoms with Crippen LogP contribution in [-0.4, -0.2) is 14.2 Å². The average Bonchev–Trinajstić information content (AvgIpc) is 3.30. The second-order valence-electron chi connectivity index (χ2n) is 10.1. The fourth-order valence-electron chi connectivity index (χ4n) is 5.43. The summed E-state index contributed by atoms with van der Waals surface area (Å²) < 4.78 is 78.8. The molecule has 3 aliphatic rings. The summed E-state index contributed by atoms with van der Waals surface area (Å²) in [4.78, 5) is 0.264. The van der Waals surface area contributed by atoms with Gasteiger partial charge in [0.15, 0.2) is 9.84 Å². The van der Waals surface area contributed by atoms with Crippen LogP contribution in [0.1, 0.15) is 39.8 Å². The van der Waals surface area contributed by atoms with Gasteiger partial charge in [-0.2, -0.15) is 13.2 Å². The highest BCUT2D eigenvalue weighted by atomic mass is 32.2. The molecule has 0 amide bonds. The number of benzene rings is 3. The molecular weight excluding hydrogens is 562 g/mol. The Morgan fingerprint density at radius 3 is 2.29 bits per heavy atom. The quantitative estimate of drug-likeness (QED) is 0.311. The predicted molar refractivity (Wildman–Crippen MR) is 160 cm³/mol. The number of halogens is 4. The van der Waals surface area contributed by atoms with Crippen molar-refractivity contribution >= 4 is 20.8 Å². The third kappa shape index (κ3) is 6.49. The summed E-state index contributed by atoms with van der Waals surface area (Å²) in [5.74, 6) is -1.73. The van der Waals surface area contributed by atoms with E-state index in [-0.39, 0.29) is 16.2 Å². The number of fused-ring (bicyclic) bond motifs is 5. The van der Waals surface area contributed by atoms with E-state index in [1.54, 1.807) is 6.08 Å². The molecule has 0 saturated carbocycles. The highest BCUT2D eigenvalue weighted by Crippen LogP contribution is 2.41. The van der Waals surface area contributed by atoms with Gasteiger partial charge in [-0.15, -0.1) is 0 Å². The maximum Gasteiger partial charge on any atom is 0.419 e. The number of aryl methyl sites for hydroxylation is 1. The molecule has 0 aromatic heterocycles. The number of hydrogen-bond donors (Lipinski definition) is 1. The van der Waals surface area contributed by atoms with E-state index in [0.29, 0.717) is 18.1 Å². The minimum atomic E-state index is -4.82. The molecule has 216 valence electrons. The zero-order chi connectivity index (χ0) is 29.7. The lowest BCUT2D eigenvalue weighted by molar-refractivity contribution is -0.140. The lowest BCUT2D eigenvalue weighted by atomic mass is 9.79. The molecule has 8 heteroatoms. The second-order valence-corrected chi connectivity index (χ2v) is 12.1. The smallest absolute Gasteiger partial charge is 0.368 e. The van der Waals surface area contributed by atoms with Crippen LogP contribution in [-0.2, 0) is 35.3 Å². The Morgan fingerprint density at radius 1 is 0.810 bits per heavy atom. The number of hydrogen-bond acceptors (Lipinski definition) is 3. The van der Waals surface area contributed by atoms with Crippen molar-refractivity contribution in [2.24, 2.45) is 0 Å². The molecule has 3 aromatic rings. The van der Waals surface area contributed by atoms with Crippen molar-refractivity contribution in [3.8, 4) is 11.1 Å². The van der Waals surface area contributed by atoms with Crippen molar-refractivity contribution in [3.63, 3.8) is 0 Å². The largest absolute Gasteiger partial charge is 0.419 e. The standard InChI is InChI=1S/C28H22F4O2S.C6H7N/c29-26-15-10-18(17-25(26)28(30,31)32)5-4-16-35(33,34)27-9-3-8-21-23-12-11-19-6-1-2-7-20(19)22(23)13-14-24(21)27;1-2-4-6-7-5-3-1/h1-2,4-7,9-10,13-15,17H,3,8,11-12,16H2;1-7H. The first-order valence-corrected chi connectivity index (χ1v) is 15.2. The summed E-state index contributed by atoms with van der Waals surface area (Å²) in [6, 6.07) is 14.7. The molecule has 0 bridgehead atoms. The van der Waals surface area contributed by atoms with Gasteiger partial charge < -0.3 is 5.32 Å². The summed E-state index contributed by atoms with van der Waals surface area (Å²) in [6.45, 7) is 0. The van der Waals surface area contributed by atoms with Crippen molar-refractivity contribution in [1.29, 1.82) is 0 Å². The van der Waals surface area contributed by atoms with Crippen LogP contribution in [0.25, 0.3) is 22.1 Å². The van der Waals surface area contributed by atoms with Gasteiger partial charge >= 0.3 is 6.18 Å². The van der Waals surface area contributed by atoms with Gasteiger partial charge in [-0.3, -0.25) is 0 Å². The monoisotopic (exact) mass is 591 g/mol. The Balaban J connectivity index is 0.000000442. The zero-order valence-corrected chi connectivity index (χ0v) is 23.5. The molecule has 0 unspecified atom stereocenters. The van der Waals surface area contributed by atoms with Crippen molar-refractivity contribution in [3.05, 3.63) is 143 Å². The summed E-state index contributed by atoms with van der Waals surface area (Å²) in [7, 11) is -3.72. The Hall–Kier alpha value is -4.17. The Morgan fingerprint density at radius 2 is 1.52 bits per heavy atom. The van der Waals surface area contributed by atoms with E-state index in [2.05, 4.69) is 17.4 Å². The van der Waals surface area contributed by atoms with Gasteiger partial charge in [0.25, 0.3) is 0 Å². The minimum absolute atomic E-state index is 0.0830. The van der Waals surface area contributed by atoms with Gasteiger partial charge in [-0.25, -0.2) is 12.8 Å². The first-order valence-electron chi connectivity index (χ1n) is 13.6. The number of alkyl halides is 3. The minimum Gasteiger partial charge on any atom is -0.368 e. The summed E-state index contributed by atoms with van der Waals surface area (Å²) in [5, 5.41) is 2.92. The van der Waals surface area contributed by atoms with E-state index in [0.717, 1.165) is 36.5 Å². The second kappa shape index (κ2) is 12.4. The molecular formula is C34H29F4NO2S. The van der Waals surface area contributed by atoms with Crippen molar-refractivity contribution in [1.82, 2.24) is 5.32 Å². The molecule has 0 radical (unpaired) electrons. The molecule has 0 fully saturated rings. The highest BCUT2D eigenvalue weighted by molar-refractivity contribution is 8.00. The fraction of sp³-hybridized carbons (Fsp3) is 0.176. The van der Waals surface area contributed by atoms with E-state index in [9.17, 15) is 26.0 Å². The van der Waals surface area contributed by atoms with Gasteiger partial charge in [0.1, 0.15) is 5.82 Å².